The van der Waals surface area contributed by atoms with Gasteiger partial charge in [0.1, 0.15) is 5.76 Å². The van der Waals surface area contributed by atoms with Crippen LogP contribution in [0.1, 0.15) is 36.6 Å². The topological polar surface area (TPSA) is 54.7 Å². The molecule has 1 atom stereocenters. The largest absolute Gasteiger partial charge is 0.463 e. The maximum atomic E-state index is 11.2. The lowest BCUT2D eigenvalue weighted by molar-refractivity contribution is 0.0563. The van der Waals surface area contributed by atoms with Gasteiger partial charge in [-0.05, 0) is 32.5 Å². The van der Waals surface area contributed by atoms with Crippen LogP contribution in [0.2, 0.25) is 0 Å². The number of esters is 1. The predicted molar refractivity (Wildman–Crippen MR) is 74.1 cm³/mol. The van der Waals surface area contributed by atoms with E-state index in [1.165, 1.54) is 7.11 Å². The lowest BCUT2D eigenvalue weighted by atomic mass is 10.2. The molecule has 1 heterocycles. The Balaban J connectivity index is 2.26. The number of furan rings is 1. The summed E-state index contributed by atoms with van der Waals surface area (Å²) in [6.45, 7) is 6.89. The average molecular weight is 268 g/mol. The second-order valence-electron chi connectivity index (χ2n) is 4.67. The average Bonchev–Trinajstić information content (AvgIpc) is 2.90. The summed E-state index contributed by atoms with van der Waals surface area (Å²) >= 11 is 0. The third-order valence-corrected chi connectivity index (χ3v) is 3.33. The van der Waals surface area contributed by atoms with Gasteiger partial charge in [-0.1, -0.05) is 6.92 Å². The molecule has 1 N–H and O–H groups in total. The van der Waals surface area contributed by atoms with Crippen molar-refractivity contribution in [2.24, 2.45) is 0 Å². The van der Waals surface area contributed by atoms with Gasteiger partial charge in [-0.15, -0.1) is 0 Å². The zero-order valence-corrected chi connectivity index (χ0v) is 12.2. The van der Waals surface area contributed by atoms with E-state index < -0.39 is 5.97 Å². The number of nitrogens with zero attached hydrogens (tertiary/aromatic N) is 1. The number of carbonyl (C=O) groups excluding carboxylic acids is 1. The lowest BCUT2D eigenvalue weighted by Gasteiger charge is -2.23. The van der Waals surface area contributed by atoms with Crippen LogP contribution >= 0.6 is 0 Å². The Labute approximate surface area is 114 Å². The van der Waals surface area contributed by atoms with Crippen LogP contribution in [0.5, 0.6) is 0 Å². The first-order valence-corrected chi connectivity index (χ1v) is 6.66. The minimum atomic E-state index is -0.442. The molecular formula is C14H24N2O3. The zero-order valence-electron chi connectivity index (χ0n) is 12.2. The van der Waals surface area contributed by atoms with Crippen LogP contribution in [0.4, 0.5) is 0 Å². The summed E-state index contributed by atoms with van der Waals surface area (Å²) in [7, 11) is 3.46. The highest BCUT2D eigenvalue weighted by atomic mass is 16.5. The summed E-state index contributed by atoms with van der Waals surface area (Å²) in [4.78, 5) is 13.5. The van der Waals surface area contributed by atoms with Crippen LogP contribution in [0.25, 0.3) is 0 Å². The molecule has 0 spiro atoms. The lowest BCUT2D eigenvalue weighted by Crippen LogP contribution is -2.34. The summed E-state index contributed by atoms with van der Waals surface area (Å²) in [6.07, 6.45) is 1.15. The molecule has 1 unspecified atom stereocenters. The smallest absolute Gasteiger partial charge is 0.373 e. The Morgan fingerprint density at radius 1 is 1.53 bits per heavy atom. The molecule has 0 bridgehead atoms. The van der Waals surface area contributed by atoms with Gasteiger partial charge in [-0.3, -0.25) is 0 Å². The standard InChI is InChI=1S/C14H24N2O3/c1-5-11(2)16(3)9-8-15-10-12-6-7-13(19-12)14(17)18-4/h6-7,11,15H,5,8-10H2,1-4H3. The Morgan fingerprint density at radius 2 is 2.26 bits per heavy atom. The van der Waals surface area contributed by atoms with Crippen molar-refractivity contribution in [1.29, 1.82) is 0 Å². The number of carbonyl (C=O) groups is 1. The molecule has 1 rings (SSSR count). The van der Waals surface area contributed by atoms with E-state index in [0.29, 0.717) is 12.6 Å². The third kappa shape index (κ3) is 5.04. The van der Waals surface area contributed by atoms with Gasteiger partial charge in [-0.25, -0.2) is 4.79 Å². The number of methoxy groups -OCH3 is 1. The first kappa shape index (κ1) is 15.7. The molecule has 108 valence electrons. The van der Waals surface area contributed by atoms with Crippen molar-refractivity contribution < 1.29 is 13.9 Å². The van der Waals surface area contributed by atoms with E-state index >= 15 is 0 Å². The van der Waals surface area contributed by atoms with E-state index in [4.69, 9.17) is 4.42 Å². The fourth-order valence-electron chi connectivity index (χ4n) is 1.68. The fraction of sp³-hybridized carbons (Fsp3) is 0.643. The normalized spacial score (nSPS) is 12.7. The van der Waals surface area contributed by atoms with Crippen molar-refractivity contribution in [1.82, 2.24) is 10.2 Å². The van der Waals surface area contributed by atoms with Crippen LogP contribution in [-0.4, -0.2) is 44.2 Å². The molecule has 0 saturated carbocycles. The first-order chi connectivity index (χ1) is 9.08. The Bertz CT molecular complexity index is 390. The van der Waals surface area contributed by atoms with Gasteiger partial charge >= 0.3 is 5.97 Å². The molecule has 0 aliphatic carbocycles. The number of hydrogen-bond acceptors (Lipinski definition) is 5. The Hall–Kier alpha value is -1.33. The number of rotatable bonds is 8. The maximum Gasteiger partial charge on any atom is 0.373 e. The molecule has 19 heavy (non-hydrogen) atoms. The van der Waals surface area contributed by atoms with E-state index in [2.05, 4.69) is 35.8 Å². The number of nitrogens with one attached hydrogen (secondary N) is 1. The van der Waals surface area contributed by atoms with Gasteiger partial charge in [0.15, 0.2) is 0 Å². The molecule has 1 aromatic heterocycles. The number of ether oxygens (including phenoxy) is 1. The molecule has 0 aromatic carbocycles. The van der Waals surface area contributed by atoms with Crippen LogP contribution in [0.15, 0.2) is 16.5 Å². The van der Waals surface area contributed by atoms with Crippen molar-refractivity contribution in [2.45, 2.75) is 32.9 Å². The van der Waals surface area contributed by atoms with Crippen LogP contribution in [0.3, 0.4) is 0 Å². The minimum absolute atomic E-state index is 0.246. The van der Waals surface area contributed by atoms with Gasteiger partial charge in [0.05, 0.1) is 13.7 Å². The summed E-state index contributed by atoms with van der Waals surface area (Å²) in [5, 5.41) is 3.29. The SMILES string of the molecule is CCC(C)N(C)CCNCc1ccc(C(=O)OC)o1. The monoisotopic (exact) mass is 268 g/mol. The van der Waals surface area contributed by atoms with E-state index in [9.17, 15) is 4.79 Å². The van der Waals surface area contributed by atoms with Gasteiger partial charge < -0.3 is 19.4 Å². The maximum absolute atomic E-state index is 11.2. The molecular weight excluding hydrogens is 244 g/mol. The summed E-state index contributed by atoms with van der Waals surface area (Å²) in [5.41, 5.74) is 0. The molecule has 0 aliphatic rings. The van der Waals surface area contributed by atoms with E-state index in [1.54, 1.807) is 12.1 Å². The number of likely N-dealkylation sites (N-methyl/N-ethyl adjacent to an activating group) is 1. The molecule has 5 heteroatoms. The molecule has 5 nitrogen and oxygen atoms in total. The first-order valence-electron chi connectivity index (χ1n) is 6.66. The quantitative estimate of drug-likeness (QED) is 0.576. The molecule has 0 radical (unpaired) electrons. The van der Waals surface area contributed by atoms with Gasteiger partial charge in [0.2, 0.25) is 5.76 Å². The summed E-state index contributed by atoms with van der Waals surface area (Å²) in [6, 6.07) is 4.02. The highest BCUT2D eigenvalue weighted by Gasteiger charge is 2.10. The van der Waals surface area contributed by atoms with Crippen molar-refractivity contribution in [3.63, 3.8) is 0 Å². The van der Waals surface area contributed by atoms with E-state index in [-0.39, 0.29) is 5.76 Å². The molecule has 1 aromatic rings. The zero-order chi connectivity index (χ0) is 14.3. The van der Waals surface area contributed by atoms with Crippen LogP contribution in [-0.2, 0) is 11.3 Å². The van der Waals surface area contributed by atoms with Crippen molar-refractivity contribution in [3.8, 4) is 0 Å². The van der Waals surface area contributed by atoms with E-state index in [0.717, 1.165) is 25.3 Å². The van der Waals surface area contributed by atoms with Gasteiger partial charge in [0.25, 0.3) is 0 Å². The van der Waals surface area contributed by atoms with Crippen molar-refractivity contribution >= 4 is 5.97 Å². The summed E-state index contributed by atoms with van der Waals surface area (Å²) < 4.78 is 9.95. The van der Waals surface area contributed by atoms with Crippen molar-refractivity contribution in [2.75, 3.05) is 27.2 Å². The Kier molecular flexibility index (Phi) is 6.59. The second-order valence-corrected chi connectivity index (χ2v) is 4.67. The van der Waals surface area contributed by atoms with Gasteiger partial charge in [-0.2, -0.15) is 0 Å². The number of hydrogen-bond donors (Lipinski definition) is 1. The molecule has 0 amide bonds. The summed E-state index contributed by atoms with van der Waals surface area (Å²) in [5.74, 6) is 0.547. The Morgan fingerprint density at radius 3 is 2.89 bits per heavy atom. The molecule has 0 aliphatic heterocycles. The minimum Gasteiger partial charge on any atom is -0.463 e. The highest BCUT2D eigenvalue weighted by Crippen LogP contribution is 2.08. The third-order valence-electron chi connectivity index (χ3n) is 3.33. The fourth-order valence-corrected chi connectivity index (χ4v) is 1.68. The molecule has 0 fully saturated rings. The van der Waals surface area contributed by atoms with Gasteiger partial charge in [0, 0.05) is 19.1 Å². The molecule has 0 saturated heterocycles. The second kappa shape index (κ2) is 7.96. The van der Waals surface area contributed by atoms with Crippen LogP contribution < -0.4 is 5.32 Å². The highest BCUT2D eigenvalue weighted by molar-refractivity contribution is 5.86. The van der Waals surface area contributed by atoms with Crippen LogP contribution in [0, 0.1) is 0 Å². The van der Waals surface area contributed by atoms with Crippen molar-refractivity contribution in [3.05, 3.63) is 23.7 Å². The van der Waals surface area contributed by atoms with E-state index in [1.807, 2.05) is 0 Å². The predicted octanol–water partition coefficient (Wildman–Crippen LogP) is 1.89.